The molecule has 114 valence electrons. The summed E-state index contributed by atoms with van der Waals surface area (Å²) in [6, 6.07) is 0.275. The van der Waals surface area contributed by atoms with Crippen molar-refractivity contribution in [1.29, 1.82) is 0 Å². The normalized spacial score (nSPS) is 30.9. The lowest BCUT2D eigenvalue weighted by atomic mass is 9.79. The third-order valence-electron chi connectivity index (χ3n) is 4.81. The fourth-order valence-corrected chi connectivity index (χ4v) is 3.50. The average molecular weight is 282 g/mol. The number of urea groups is 1. The maximum Gasteiger partial charge on any atom is 0.317 e. The van der Waals surface area contributed by atoms with Gasteiger partial charge >= 0.3 is 12.0 Å². The zero-order chi connectivity index (χ0) is 14.5. The van der Waals surface area contributed by atoms with Crippen LogP contribution in [0.3, 0.4) is 0 Å². The van der Waals surface area contributed by atoms with Crippen molar-refractivity contribution >= 4 is 12.0 Å². The molecule has 1 aliphatic heterocycles. The van der Waals surface area contributed by atoms with Gasteiger partial charge in [-0.05, 0) is 44.9 Å². The molecular formula is C15H26N2O3. The van der Waals surface area contributed by atoms with Gasteiger partial charge in [-0.3, -0.25) is 4.79 Å². The second-order valence-corrected chi connectivity index (χ2v) is 6.21. The molecule has 0 aromatic carbocycles. The highest BCUT2D eigenvalue weighted by Crippen LogP contribution is 2.29. The number of likely N-dealkylation sites (tertiary alicyclic amines) is 1. The molecule has 0 spiro atoms. The van der Waals surface area contributed by atoms with Gasteiger partial charge < -0.3 is 15.3 Å². The van der Waals surface area contributed by atoms with Crippen LogP contribution >= 0.6 is 0 Å². The first-order chi connectivity index (χ1) is 9.59. The summed E-state index contributed by atoms with van der Waals surface area (Å²) in [6.07, 6.45) is 7.04. The number of hydrogen-bond acceptors (Lipinski definition) is 2. The molecule has 0 aromatic heterocycles. The summed E-state index contributed by atoms with van der Waals surface area (Å²) in [4.78, 5) is 25.3. The highest BCUT2D eigenvalue weighted by atomic mass is 16.4. The summed E-state index contributed by atoms with van der Waals surface area (Å²) in [5, 5.41) is 12.2. The Morgan fingerprint density at radius 1 is 1.15 bits per heavy atom. The molecule has 2 amide bonds. The molecule has 0 bridgehead atoms. The maximum atomic E-state index is 12.2. The topological polar surface area (TPSA) is 69.6 Å². The lowest BCUT2D eigenvalue weighted by Crippen LogP contribution is -2.49. The first kappa shape index (κ1) is 15.1. The third-order valence-corrected chi connectivity index (χ3v) is 4.81. The van der Waals surface area contributed by atoms with Crippen molar-refractivity contribution in [3.63, 3.8) is 0 Å². The van der Waals surface area contributed by atoms with Gasteiger partial charge in [0.05, 0.1) is 5.92 Å². The van der Waals surface area contributed by atoms with Crippen molar-refractivity contribution in [2.45, 2.75) is 57.9 Å². The van der Waals surface area contributed by atoms with Crippen LogP contribution in [-0.4, -0.2) is 41.1 Å². The van der Waals surface area contributed by atoms with Gasteiger partial charge in [0.15, 0.2) is 0 Å². The monoisotopic (exact) mass is 282 g/mol. The van der Waals surface area contributed by atoms with E-state index in [1.54, 1.807) is 0 Å². The Balaban J connectivity index is 1.83. The smallest absolute Gasteiger partial charge is 0.317 e. The first-order valence-electron chi connectivity index (χ1n) is 7.87. The second kappa shape index (κ2) is 6.95. The van der Waals surface area contributed by atoms with Crippen molar-refractivity contribution in [2.24, 2.45) is 11.8 Å². The maximum absolute atomic E-state index is 12.2. The Hall–Kier alpha value is -1.26. The average Bonchev–Trinajstić information content (AvgIpc) is 2.45. The highest BCUT2D eigenvalue weighted by molar-refractivity contribution is 5.75. The van der Waals surface area contributed by atoms with Gasteiger partial charge in [0.25, 0.3) is 0 Å². The molecule has 3 atom stereocenters. The van der Waals surface area contributed by atoms with Crippen LogP contribution in [-0.2, 0) is 4.79 Å². The number of carboxylic acids is 1. The SMILES string of the molecule is CC1CCCCN1C(=O)NCC1CCCCC1C(=O)O. The quantitative estimate of drug-likeness (QED) is 0.835. The Kier molecular flexibility index (Phi) is 5.26. The number of hydrogen-bond donors (Lipinski definition) is 2. The van der Waals surface area contributed by atoms with Crippen LogP contribution in [0.2, 0.25) is 0 Å². The number of aliphatic carboxylic acids is 1. The predicted octanol–water partition coefficient (Wildman–Crippen LogP) is 2.46. The lowest BCUT2D eigenvalue weighted by molar-refractivity contribution is -0.144. The summed E-state index contributed by atoms with van der Waals surface area (Å²) >= 11 is 0. The van der Waals surface area contributed by atoms with Gasteiger partial charge in [-0.15, -0.1) is 0 Å². The van der Waals surface area contributed by atoms with Crippen LogP contribution in [0.25, 0.3) is 0 Å². The number of piperidine rings is 1. The van der Waals surface area contributed by atoms with E-state index < -0.39 is 5.97 Å². The fourth-order valence-electron chi connectivity index (χ4n) is 3.50. The van der Waals surface area contributed by atoms with E-state index in [0.717, 1.165) is 45.1 Å². The Morgan fingerprint density at radius 2 is 1.85 bits per heavy atom. The van der Waals surface area contributed by atoms with Crippen molar-refractivity contribution in [2.75, 3.05) is 13.1 Å². The Labute approximate surface area is 120 Å². The van der Waals surface area contributed by atoms with Crippen LogP contribution < -0.4 is 5.32 Å². The van der Waals surface area contributed by atoms with E-state index in [1.165, 1.54) is 6.42 Å². The number of nitrogens with one attached hydrogen (secondary N) is 1. The lowest BCUT2D eigenvalue weighted by Gasteiger charge is -2.35. The summed E-state index contributed by atoms with van der Waals surface area (Å²) in [5.41, 5.74) is 0. The number of amides is 2. The molecule has 0 aromatic rings. The van der Waals surface area contributed by atoms with E-state index in [2.05, 4.69) is 12.2 Å². The number of carbonyl (C=O) groups excluding carboxylic acids is 1. The Bertz CT molecular complexity index is 359. The van der Waals surface area contributed by atoms with E-state index in [4.69, 9.17) is 0 Å². The number of nitrogens with zero attached hydrogens (tertiary/aromatic N) is 1. The van der Waals surface area contributed by atoms with Gasteiger partial charge in [-0.1, -0.05) is 12.8 Å². The van der Waals surface area contributed by atoms with Crippen molar-refractivity contribution in [3.8, 4) is 0 Å². The van der Waals surface area contributed by atoms with E-state index >= 15 is 0 Å². The molecule has 2 rings (SSSR count). The molecule has 2 fully saturated rings. The van der Waals surface area contributed by atoms with Gasteiger partial charge in [0, 0.05) is 19.1 Å². The highest BCUT2D eigenvalue weighted by Gasteiger charge is 2.31. The van der Waals surface area contributed by atoms with Gasteiger partial charge in [0.1, 0.15) is 0 Å². The Morgan fingerprint density at radius 3 is 2.55 bits per heavy atom. The minimum absolute atomic E-state index is 0.0214. The summed E-state index contributed by atoms with van der Waals surface area (Å²) < 4.78 is 0. The zero-order valence-electron chi connectivity index (χ0n) is 12.3. The van der Waals surface area contributed by atoms with Crippen molar-refractivity contribution in [1.82, 2.24) is 10.2 Å². The van der Waals surface area contributed by atoms with Crippen LogP contribution in [0.1, 0.15) is 51.9 Å². The van der Waals surface area contributed by atoms with E-state index in [0.29, 0.717) is 12.6 Å². The van der Waals surface area contributed by atoms with Crippen molar-refractivity contribution in [3.05, 3.63) is 0 Å². The number of rotatable bonds is 3. The summed E-state index contributed by atoms with van der Waals surface area (Å²) in [7, 11) is 0. The minimum Gasteiger partial charge on any atom is -0.481 e. The molecular weight excluding hydrogens is 256 g/mol. The van der Waals surface area contributed by atoms with Crippen LogP contribution in [0.15, 0.2) is 0 Å². The number of carboxylic acid groups (broad SMARTS) is 1. The van der Waals surface area contributed by atoms with E-state index in [1.807, 2.05) is 4.90 Å². The predicted molar refractivity (Wildman–Crippen MR) is 76.5 cm³/mol. The van der Waals surface area contributed by atoms with Crippen LogP contribution in [0.5, 0.6) is 0 Å². The van der Waals surface area contributed by atoms with E-state index in [-0.39, 0.29) is 17.9 Å². The minimum atomic E-state index is -0.713. The molecule has 5 nitrogen and oxygen atoms in total. The van der Waals surface area contributed by atoms with E-state index in [9.17, 15) is 14.7 Å². The second-order valence-electron chi connectivity index (χ2n) is 6.21. The van der Waals surface area contributed by atoms with Gasteiger partial charge in [-0.25, -0.2) is 4.79 Å². The summed E-state index contributed by atoms with van der Waals surface area (Å²) in [5.74, 6) is -0.914. The first-order valence-corrected chi connectivity index (χ1v) is 7.87. The van der Waals surface area contributed by atoms with Gasteiger partial charge in [0.2, 0.25) is 0 Å². The molecule has 0 radical (unpaired) electrons. The molecule has 5 heteroatoms. The fraction of sp³-hybridized carbons (Fsp3) is 0.867. The molecule has 3 unspecified atom stereocenters. The van der Waals surface area contributed by atoms with Crippen LogP contribution in [0, 0.1) is 11.8 Å². The van der Waals surface area contributed by atoms with Crippen molar-refractivity contribution < 1.29 is 14.7 Å². The molecule has 2 N–H and O–H groups in total. The molecule has 2 aliphatic rings. The largest absolute Gasteiger partial charge is 0.481 e. The molecule has 1 heterocycles. The summed E-state index contributed by atoms with van der Waals surface area (Å²) in [6.45, 7) is 3.40. The van der Waals surface area contributed by atoms with Crippen LogP contribution in [0.4, 0.5) is 4.79 Å². The zero-order valence-corrected chi connectivity index (χ0v) is 12.3. The van der Waals surface area contributed by atoms with Gasteiger partial charge in [-0.2, -0.15) is 0 Å². The molecule has 1 saturated heterocycles. The molecule has 1 saturated carbocycles. The molecule has 20 heavy (non-hydrogen) atoms. The molecule has 1 aliphatic carbocycles. The number of carbonyl (C=O) groups is 2. The third kappa shape index (κ3) is 3.64. The standard InChI is InChI=1S/C15H26N2O3/c1-11-6-4-5-9-17(11)15(20)16-10-12-7-2-3-8-13(12)14(18)19/h11-13H,2-10H2,1H3,(H,16,20)(H,18,19).